The number of likely N-dealkylation sites (N-methyl/N-ethyl adjacent to an activating group) is 2. The lowest BCUT2D eigenvalue weighted by Gasteiger charge is -2.38. The van der Waals surface area contributed by atoms with Crippen LogP contribution in [0.25, 0.3) is 0 Å². The Morgan fingerprint density at radius 1 is 1.06 bits per heavy atom. The minimum atomic E-state index is -3.83. The van der Waals surface area contributed by atoms with Crippen molar-refractivity contribution < 1.29 is 22.0 Å². The van der Waals surface area contributed by atoms with E-state index in [-0.39, 0.29) is 22.2 Å². The van der Waals surface area contributed by atoms with Gasteiger partial charge in [-0.1, -0.05) is 6.07 Å². The van der Waals surface area contributed by atoms with Gasteiger partial charge in [-0.05, 0) is 36.4 Å². The third-order valence-electron chi connectivity index (χ3n) is 5.11. The Morgan fingerprint density at radius 3 is 2.28 bits per heavy atom. The van der Waals surface area contributed by atoms with Gasteiger partial charge in [0.2, 0.25) is 16.0 Å². The van der Waals surface area contributed by atoms with Crippen LogP contribution in [0.3, 0.4) is 0 Å². The molecule has 0 saturated heterocycles. The van der Waals surface area contributed by atoms with E-state index in [2.05, 4.69) is 15.3 Å². The normalized spacial score (nSPS) is 16.2. The van der Waals surface area contributed by atoms with Crippen molar-refractivity contribution in [2.45, 2.75) is 10.9 Å². The van der Waals surface area contributed by atoms with Gasteiger partial charge in [-0.3, -0.25) is 4.79 Å². The molecule has 0 spiro atoms. The fourth-order valence-electron chi connectivity index (χ4n) is 3.46. The number of hydrogen-bond donors (Lipinski definition) is 2. The number of carbonyl (C=O) groups is 1. The molecular weight excluding hydrogens is 442 g/mol. The number of fused-ring (bicyclic) bond motifs is 1. The van der Waals surface area contributed by atoms with E-state index in [9.17, 15) is 22.0 Å². The lowest BCUT2D eigenvalue weighted by Crippen LogP contribution is -2.46. The van der Waals surface area contributed by atoms with Gasteiger partial charge in [0.05, 0.1) is 16.7 Å². The van der Waals surface area contributed by atoms with Crippen molar-refractivity contribution in [2.75, 3.05) is 29.2 Å². The van der Waals surface area contributed by atoms with Crippen molar-refractivity contribution in [3.63, 3.8) is 0 Å². The predicted octanol–water partition coefficient (Wildman–Crippen LogP) is 2.30. The number of carbonyl (C=O) groups excluding carboxylic acids is 1. The van der Waals surface area contributed by atoms with Crippen molar-refractivity contribution in [1.82, 2.24) is 9.97 Å². The lowest BCUT2D eigenvalue weighted by atomic mass is 10.0. The van der Waals surface area contributed by atoms with Crippen LogP contribution in [0.5, 0.6) is 0 Å². The lowest BCUT2D eigenvalue weighted by molar-refractivity contribution is -0.120. The summed E-state index contributed by atoms with van der Waals surface area (Å²) in [7, 11) is -0.841. The number of rotatable bonds is 4. The fraction of sp³-hybridized carbons (Fsp3) is 0.150. The van der Waals surface area contributed by atoms with E-state index >= 15 is 0 Å². The molecule has 1 aromatic heterocycles. The van der Waals surface area contributed by atoms with Crippen LogP contribution in [0.15, 0.2) is 53.6 Å². The molecule has 1 unspecified atom stereocenters. The monoisotopic (exact) mass is 460 g/mol. The summed E-state index contributed by atoms with van der Waals surface area (Å²) in [5, 5.41) is 8.01. The molecular formula is C20H18F2N6O3S. The number of amides is 1. The van der Waals surface area contributed by atoms with Crippen molar-refractivity contribution in [3.8, 4) is 0 Å². The molecule has 2 heterocycles. The minimum absolute atomic E-state index is 0.0518. The highest BCUT2D eigenvalue weighted by Gasteiger charge is 2.40. The molecule has 3 aromatic rings. The maximum absolute atomic E-state index is 14.4. The predicted molar refractivity (Wildman–Crippen MR) is 114 cm³/mol. The molecule has 0 saturated carbocycles. The van der Waals surface area contributed by atoms with E-state index in [0.717, 1.165) is 12.1 Å². The topological polar surface area (TPSA) is 122 Å². The summed E-state index contributed by atoms with van der Waals surface area (Å²) in [5.41, 5.74) is 0.474. The molecule has 9 nitrogen and oxygen atoms in total. The van der Waals surface area contributed by atoms with Crippen molar-refractivity contribution >= 4 is 39.1 Å². The number of primary sulfonamides is 1. The van der Waals surface area contributed by atoms with Crippen molar-refractivity contribution in [1.29, 1.82) is 0 Å². The Bertz CT molecular complexity index is 1300. The zero-order valence-electron chi connectivity index (χ0n) is 17.0. The molecule has 0 bridgehead atoms. The summed E-state index contributed by atoms with van der Waals surface area (Å²) in [6.07, 6.45) is 1.41. The third-order valence-corrected chi connectivity index (χ3v) is 6.04. The molecule has 12 heteroatoms. The molecule has 1 aliphatic rings. The van der Waals surface area contributed by atoms with Crippen molar-refractivity contribution in [3.05, 3.63) is 65.9 Å². The smallest absolute Gasteiger partial charge is 0.254 e. The summed E-state index contributed by atoms with van der Waals surface area (Å²) in [4.78, 5) is 24.1. The van der Waals surface area contributed by atoms with Gasteiger partial charge in [0.25, 0.3) is 5.91 Å². The van der Waals surface area contributed by atoms with Gasteiger partial charge in [-0.25, -0.2) is 27.3 Å². The highest BCUT2D eigenvalue weighted by Crippen LogP contribution is 2.40. The Balaban J connectivity index is 1.70. The maximum Gasteiger partial charge on any atom is 0.254 e. The molecule has 0 fully saturated rings. The Labute approximate surface area is 182 Å². The first kappa shape index (κ1) is 21.6. The molecule has 0 aliphatic carbocycles. The number of hydrogen-bond acceptors (Lipinski definition) is 7. The van der Waals surface area contributed by atoms with Crippen LogP contribution in [0.4, 0.5) is 31.9 Å². The van der Waals surface area contributed by atoms with Crippen LogP contribution in [0.1, 0.15) is 11.6 Å². The van der Waals surface area contributed by atoms with E-state index in [0.29, 0.717) is 11.4 Å². The van der Waals surface area contributed by atoms with Crippen LogP contribution < -0.4 is 20.3 Å². The number of halogens is 2. The van der Waals surface area contributed by atoms with Gasteiger partial charge in [0.1, 0.15) is 23.4 Å². The molecule has 1 atom stereocenters. The van der Waals surface area contributed by atoms with E-state index in [1.54, 1.807) is 0 Å². The van der Waals surface area contributed by atoms with Crippen LogP contribution in [0, 0.1) is 11.6 Å². The van der Waals surface area contributed by atoms with Gasteiger partial charge in [-0.2, -0.15) is 4.98 Å². The van der Waals surface area contributed by atoms with Crippen molar-refractivity contribution in [2.24, 2.45) is 5.14 Å². The second-order valence-electron chi connectivity index (χ2n) is 7.14. The molecule has 4 rings (SSSR count). The molecule has 166 valence electrons. The first-order valence-electron chi connectivity index (χ1n) is 9.29. The average molecular weight is 460 g/mol. The molecule has 2 aromatic carbocycles. The number of sulfonamides is 1. The molecule has 0 radical (unpaired) electrons. The number of nitrogens with zero attached hydrogens (tertiary/aromatic N) is 4. The van der Waals surface area contributed by atoms with Crippen LogP contribution in [-0.2, 0) is 14.8 Å². The summed E-state index contributed by atoms with van der Waals surface area (Å²) in [5.74, 6) is -1.80. The Morgan fingerprint density at radius 2 is 1.69 bits per heavy atom. The minimum Gasteiger partial charge on any atom is -0.342 e. The Hall–Kier alpha value is -3.64. The van der Waals surface area contributed by atoms with Crippen LogP contribution in [0.2, 0.25) is 0 Å². The molecule has 3 N–H and O–H groups in total. The highest BCUT2D eigenvalue weighted by atomic mass is 32.2. The van der Waals surface area contributed by atoms with Gasteiger partial charge < -0.3 is 15.1 Å². The molecule has 32 heavy (non-hydrogen) atoms. The molecule has 1 aliphatic heterocycles. The van der Waals surface area contributed by atoms with E-state index in [4.69, 9.17) is 5.14 Å². The standard InChI is InChI=1S/C20H18F2N6O3S/c1-27-15-10-24-20(25-11-6-8-12(9-7-11)32(23,30)31)26-18(15)28(2)17(19(27)29)16-13(21)4-3-5-14(16)22/h3-10,17H,1-2H3,(H2,23,30,31)(H,24,25,26). The summed E-state index contributed by atoms with van der Waals surface area (Å²) >= 11 is 0. The summed E-state index contributed by atoms with van der Waals surface area (Å²) < 4.78 is 51.7. The van der Waals surface area contributed by atoms with Crippen LogP contribution in [-0.4, -0.2) is 38.4 Å². The quantitative estimate of drug-likeness (QED) is 0.613. The average Bonchev–Trinajstić information content (AvgIpc) is 2.74. The Kier molecular flexibility index (Phi) is 5.26. The van der Waals surface area contributed by atoms with Gasteiger partial charge in [0, 0.05) is 19.8 Å². The second kappa shape index (κ2) is 7.80. The number of nitrogens with one attached hydrogen (secondary N) is 1. The summed E-state index contributed by atoms with van der Waals surface area (Å²) in [6.45, 7) is 0. The van der Waals surface area contributed by atoms with Gasteiger partial charge in [-0.15, -0.1) is 0 Å². The number of aromatic nitrogens is 2. The third kappa shape index (κ3) is 3.74. The second-order valence-corrected chi connectivity index (χ2v) is 8.70. The number of benzene rings is 2. The number of nitrogens with two attached hydrogens (primary N) is 1. The van der Waals surface area contributed by atoms with E-state index < -0.39 is 33.6 Å². The highest BCUT2D eigenvalue weighted by molar-refractivity contribution is 7.89. The van der Waals surface area contributed by atoms with Crippen LogP contribution >= 0.6 is 0 Å². The largest absolute Gasteiger partial charge is 0.342 e. The number of anilines is 4. The van der Waals surface area contributed by atoms with E-state index in [1.165, 1.54) is 60.4 Å². The zero-order valence-corrected chi connectivity index (χ0v) is 17.8. The zero-order chi connectivity index (χ0) is 23.2. The SMILES string of the molecule is CN1C(=O)C(c2c(F)cccc2F)N(C)c2nc(Nc3ccc(S(N)(=O)=O)cc3)ncc21. The first-order valence-corrected chi connectivity index (χ1v) is 10.8. The van der Waals surface area contributed by atoms with E-state index in [1.807, 2.05) is 0 Å². The van der Waals surface area contributed by atoms with Gasteiger partial charge in [0.15, 0.2) is 5.82 Å². The summed E-state index contributed by atoms with van der Waals surface area (Å²) in [6, 6.07) is 7.77. The molecule has 1 amide bonds. The fourth-order valence-corrected chi connectivity index (χ4v) is 3.97. The van der Waals surface area contributed by atoms with Gasteiger partial charge >= 0.3 is 0 Å². The maximum atomic E-state index is 14.4. The first-order chi connectivity index (χ1) is 15.1.